The van der Waals surface area contributed by atoms with E-state index < -0.39 is 51.6 Å². The van der Waals surface area contributed by atoms with Gasteiger partial charge < -0.3 is 44.9 Å². The number of fused-ring (bicyclic) bond motifs is 2. The normalized spacial score (nSPS) is 14.5. The van der Waals surface area contributed by atoms with Gasteiger partial charge in [-0.15, -0.1) is 0 Å². The molecule has 2 heterocycles. The van der Waals surface area contributed by atoms with Crippen LogP contribution in [0.15, 0.2) is 69.9 Å². The maximum atomic E-state index is 13.2. The Morgan fingerprint density at radius 3 is 2.10 bits per heavy atom. The van der Waals surface area contributed by atoms with Crippen LogP contribution in [0.25, 0.3) is 33.4 Å². The van der Waals surface area contributed by atoms with Gasteiger partial charge in [0.05, 0.1) is 12.0 Å². The smallest absolute Gasteiger partial charge is 0.197 e. The third-order valence-electron chi connectivity index (χ3n) is 6.89. The van der Waals surface area contributed by atoms with Crippen LogP contribution in [0, 0.1) is 0 Å². The molecule has 7 N–H and O–H groups in total. The summed E-state index contributed by atoms with van der Waals surface area (Å²) in [6.45, 7) is 0. The Hall–Kier alpha value is -5.84. The highest BCUT2D eigenvalue weighted by Crippen LogP contribution is 2.52. The van der Waals surface area contributed by atoms with Crippen LogP contribution in [-0.2, 0) is 0 Å². The average Bonchev–Trinajstić information content (AvgIpc) is 2.90. The number of ketones is 1. The number of hydrogen-bond donors (Lipinski definition) is 7. The minimum Gasteiger partial charge on any atom is -0.508 e. The number of aromatic hydroxyl groups is 7. The molecule has 11 heteroatoms. The van der Waals surface area contributed by atoms with Crippen molar-refractivity contribution in [2.45, 2.75) is 12.5 Å². The third-order valence-corrected chi connectivity index (χ3v) is 6.89. The lowest BCUT2D eigenvalue weighted by molar-refractivity contribution is 0.0845. The monoisotopic (exact) mass is 556 g/mol. The fraction of sp³-hybridized carbons (Fsp3) is 0.0667. The number of rotatable bonds is 3. The van der Waals surface area contributed by atoms with Crippen molar-refractivity contribution in [3.05, 3.63) is 82.0 Å². The molecule has 206 valence electrons. The molecular formula is C30H20O11. The van der Waals surface area contributed by atoms with Crippen molar-refractivity contribution in [2.24, 2.45) is 0 Å². The summed E-state index contributed by atoms with van der Waals surface area (Å²) in [5, 5.41) is 72.7. The lowest BCUT2D eigenvalue weighted by Crippen LogP contribution is -2.21. The molecule has 0 saturated heterocycles. The van der Waals surface area contributed by atoms with Gasteiger partial charge in [0, 0.05) is 41.0 Å². The van der Waals surface area contributed by atoms with Gasteiger partial charge in [-0.2, -0.15) is 0 Å². The van der Waals surface area contributed by atoms with E-state index in [-0.39, 0.29) is 57.1 Å². The van der Waals surface area contributed by atoms with Crippen LogP contribution in [0.4, 0.5) is 0 Å². The molecule has 6 rings (SSSR count). The molecule has 0 radical (unpaired) electrons. The molecule has 41 heavy (non-hydrogen) atoms. The molecule has 0 aliphatic carbocycles. The Bertz CT molecular complexity index is 1960. The van der Waals surface area contributed by atoms with Crippen LogP contribution in [-0.4, -0.2) is 41.5 Å². The second-order valence-electron chi connectivity index (χ2n) is 9.48. The van der Waals surface area contributed by atoms with E-state index in [9.17, 15) is 45.3 Å². The second-order valence-corrected chi connectivity index (χ2v) is 9.48. The predicted octanol–water partition coefficient (Wildman–Crippen LogP) is 4.77. The van der Waals surface area contributed by atoms with Gasteiger partial charge in [-0.1, -0.05) is 6.07 Å². The molecule has 11 nitrogen and oxygen atoms in total. The summed E-state index contributed by atoms with van der Waals surface area (Å²) < 4.78 is 11.6. The molecule has 0 fully saturated rings. The zero-order chi connectivity index (χ0) is 29.2. The minimum atomic E-state index is -1.17. The lowest BCUT2D eigenvalue weighted by Gasteiger charge is -2.28. The van der Waals surface area contributed by atoms with Gasteiger partial charge >= 0.3 is 0 Å². The first kappa shape index (κ1) is 25.4. The first-order valence-electron chi connectivity index (χ1n) is 12.2. The standard InChI is InChI=1S/C30H20O11/c31-13-3-1-12(2-4-13)21-9-19(36)27-24(40-21)11-20(37)28(30(27)39)25-15(5-6-16(33)29(25)38)22-10-18(35)26-17(34)7-14(32)8-23(26)41-22/h1-9,11,22,31-34,37-39H,10H2/t22-/m0/s1. The number of ether oxygens (including phenoxy) is 1. The molecule has 0 bridgehead atoms. The highest BCUT2D eigenvalue weighted by molar-refractivity contribution is 6.03. The van der Waals surface area contributed by atoms with Crippen molar-refractivity contribution in [1.29, 1.82) is 0 Å². The van der Waals surface area contributed by atoms with E-state index in [1.165, 1.54) is 30.3 Å². The Labute approximate surface area is 229 Å². The molecular weight excluding hydrogens is 536 g/mol. The molecule has 0 amide bonds. The number of benzene rings is 4. The summed E-state index contributed by atoms with van der Waals surface area (Å²) in [5.74, 6) is -4.28. The zero-order valence-electron chi connectivity index (χ0n) is 20.8. The van der Waals surface area contributed by atoms with Gasteiger partial charge in [-0.05, 0) is 30.3 Å². The number of phenols is 7. The van der Waals surface area contributed by atoms with Crippen molar-refractivity contribution >= 4 is 16.8 Å². The van der Waals surface area contributed by atoms with Gasteiger partial charge in [0.25, 0.3) is 0 Å². The molecule has 0 spiro atoms. The van der Waals surface area contributed by atoms with E-state index in [1.54, 1.807) is 0 Å². The highest BCUT2D eigenvalue weighted by Gasteiger charge is 2.35. The van der Waals surface area contributed by atoms with E-state index in [0.29, 0.717) is 5.56 Å². The van der Waals surface area contributed by atoms with Crippen molar-refractivity contribution in [3.8, 4) is 68.4 Å². The molecule has 1 aliphatic rings. The van der Waals surface area contributed by atoms with E-state index in [0.717, 1.165) is 30.3 Å². The number of carbonyl (C=O) groups is 1. The van der Waals surface area contributed by atoms with Crippen molar-refractivity contribution in [2.75, 3.05) is 0 Å². The van der Waals surface area contributed by atoms with E-state index in [1.807, 2.05) is 0 Å². The minimum absolute atomic E-state index is 0.000668. The number of Topliss-reactive ketones (excluding diaryl/α,β-unsaturated/α-hetero) is 1. The van der Waals surface area contributed by atoms with Gasteiger partial charge in [0.2, 0.25) is 0 Å². The highest BCUT2D eigenvalue weighted by atomic mass is 16.5. The van der Waals surface area contributed by atoms with Crippen LogP contribution >= 0.6 is 0 Å². The Balaban J connectivity index is 1.54. The SMILES string of the molecule is O=C1C[C@@H](c2ccc(O)c(O)c2-c2c(O)cc3oc(-c4ccc(O)cc4)cc(=O)c3c2O)Oc2cc(O)cc(O)c21. The van der Waals surface area contributed by atoms with E-state index in [2.05, 4.69) is 0 Å². The fourth-order valence-corrected chi connectivity index (χ4v) is 5.03. The van der Waals surface area contributed by atoms with Crippen LogP contribution in [0.3, 0.4) is 0 Å². The fourth-order valence-electron chi connectivity index (χ4n) is 5.03. The maximum Gasteiger partial charge on any atom is 0.197 e. The third kappa shape index (κ3) is 4.07. The topological polar surface area (TPSA) is 198 Å². The van der Waals surface area contributed by atoms with Crippen LogP contribution < -0.4 is 10.2 Å². The number of phenolic OH excluding ortho intramolecular Hbond substituents is 7. The lowest BCUT2D eigenvalue weighted by atomic mass is 9.88. The summed E-state index contributed by atoms with van der Waals surface area (Å²) in [6, 6.07) is 12.5. The van der Waals surface area contributed by atoms with E-state index in [4.69, 9.17) is 9.15 Å². The molecule has 1 atom stereocenters. The van der Waals surface area contributed by atoms with Crippen LogP contribution in [0.5, 0.6) is 46.0 Å². The molecule has 1 aromatic heterocycles. The Morgan fingerprint density at radius 1 is 0.659 bits per heavy atom. The first-order chi connectivity index (χ1) is 19.5. The number of hydrogen-bond acceptors (Lipinski definition) is 11. The quantitative estimate of drug-likeness (QED) is 0.151. The Kier molecular flexibility index (Phi) is 5.66. The van der Waals surface area contributed by atoms with Crippen molar-refractivity contribution in [1.82, 2.24) is 0 Å². The maximum absolute atomic E-state index is 13.2. The summed E-state index contributed by atoms with van der Waals surface area (Å²) >= 11 is 0. The zero-order valence-corrected chi connectivity index (χ0v) is 20.8. The van der Waals surface area contributed by atoms with E-state index >= 15 is 0 Å². The molecule has 5 aromatic rings. The second kappa shape index (κ2) is 9.12. The summed E-state index contributed by atoms with van der Waals surface area (Å²) in [6.07, 6.45) is -1.52. The average molecular weight is 556 g/mol. The summed E-state index contributed by atoms with van der Waals surface area (Å²) in [4.78, 5) is 26.1. The van der Waals surface area contributed by atoms with Crippen LogP contribution in [0.1, 0.15) is 28.4 Å². The van der Waals surface area contributed by atoms with Gasteiger partial charge in [-0.25, -0.2) is 0 Å². The molecule has 0 unspecified atom stereocenters. The van der Waals surface area contributed by atoms with Gasteiger partial charge in [-0.3, -0.25) is 9.59 Å². The summed E-state index contributed by atoms with van der Waals surface area (Å²) in [7, 11) is 0. The predicted molar refractivity (Wildman–Crippen MR) is 144 cm³/mol. The first-order valence-corrected chi connectivity index (χ1v) is 12.2. The molecule has 0 saturated carbocycles. The summed E-state index contributed by atoms with van der Waals surface area (Å²) in [5.41, 5.74) is -1.32. The Morgan fingerprint density at radius 2 is 1.37 bits per heavy atom. The van der Waals surface area contributed by atoms with Crippen molar-refractivity contribution in [3.63, 3.8) is 0 Å². The van der Waals surface area contributed by atoms with Crippen molar-refractivity contribution < 1.29 is 49.7 Å². The number of carbonyl (C=O) groups excluding carboxylic acids is 1. The van der Waals surface area contributed by atoms with Gasteiger partial charge in [0.1, 0.15) is 62.9 Å². The van der Waals surface area contributed by atoms with Gasteiger partial charge in [0.15, 0.2) is 22.7 Å². The van der Waals surface area contributed by atoms with Crippen LogP contribution in [0.2, 0.25) is 0 Å². The molecule has 4 aromatic carbocycles. The molecule has 1 aliphatic heterocycles. The largest absolute Gasteiger partial charge is 0.508 e.